The number of thiophene rings is 1. The van der Waals surface area contributed by atoms with Gasteiger partial charge in [-0.05, 0) is 37.1 Å². The van der Waals surface area contributed by atoms with Gasteiger partial charge in [0.25, 0.3) is 0 Å². The van der Waals surface area contributed by atoms with Crippen molar-refractivity contribution in [1.29, 1.82) is 0 Å². The first-order valence-corrected chi connectivity index (χ1v) is 12.5. The van der Waals surface area contributed by atoms with Crippen molar-refractivity contribution in [2.75, 3.05) is 57.4 Å². The first-order valence-electron chi connectivity index (χ1n) is 11.4. The monoisotopic (exact) mass is 471 g/mol. The molecule has 0 aliphatic carbocycles. The predicted octanol–water partition coefficient (Wildman–Crippen LogP) is 4.12. The minimum atomic E-state index is 0.791. The summed E-state index contributed by atoms with van der Waals surface area (Å²) in [5.41, 5.74) is 2.63. The lowest BCUT2D eigenvalue weighted by Crippen LogP contribution is -2.46. The number of rotatable bonds is 5. The highest BCUT2D eigenvalue weighted by molar-refractivity contribution is 7.18. The number of piperazine rings is 1. The minimum absolute atomic E-state index is 0.791. The third-order valence-corrected chi connectivity index (χ3v) is 7.87. The molecule has 170 valence electrons. The van der Waals surface area contributed by atoms with Crippen LogP contribution in [0, 0.1) is 13.8 Å². The fourth-order valence-electron chi connectivity index (χ4n) is 4.50. The van der Waals surface area contributed by atoms with Crippen LogP contribution >= 0.6 is 22.9 Å². The molecule has 1 aromatic carbocycles. The number of morpholine rings is 1. The number of benzene rings is 1. The molecule has 0 unspecified atom stereocenters. The summed E-state index contributed by atoms with van der Waals surface area (Å²) in [4.78, 5) is 19.9. The lowest BCUT2D eigenvalue weighted by molar-refractivity contribution is 0.0331. The Bertz CT molecular complexity index is 1070. The van der Waals surface area contributed by atoms with Crippen molar-refractivity contribution in [1.82, 2.24) is 19.8 Å². The average Bonchev–Trinajstić information content (AvgIpc) is 3.09. The SMILES string of the molecule is Cc1sc2nc(CN3CCOCC3)nc(N3CCN(Cc4ccc(Cl)cc4)CC3)c2c1C. The van der Waals surface area contributed by atoms with Crippen molar-refractivity contribution in [3.05, 3.63) is 51.1 Å². The van der Waals surface area contributed by atoms with Crippen molar-refractivity contribution in [2.24, 2.45) is 0 Å². The molecule has 0 N–H and O–H groups in total. The first-order chi connectivity index (χ1) is 15.6. The van der Waals surface area contributed by atoms with Crippen LogP contribution in [0.1, 0.15) is 21.8 Å². The highest BCUT2D eigenvalue weighted by Gasteiger charge is 2.24. The lowest BCUT2D eigenvalue weighted by Gasteiger charge is -2.36. The molecule has 32 heavy (non-hydrogen) atoms. The summed E-state index contributed by atoms with van der Waals surface area (Å²) >= 11 is 7.83. The van der Waals surface area contributed by atoms with Crippen molar-refractivity contribution < 1.29 is 4.74 Å². The zero-order valence-corrected chi connectivity index (χ0v) is 20.4. The summed E-state index contributed by atoms with van der Waals surface area (Å²) in [5, 5.41) is 2.03. The van der Waals surface area contributed by atoms with Gasteiger partial charge < -0.3 is 9.64 Å². The molecule has 0 bridgehead atoms. The van der Waals surface area contributed by atoms with Crippen LogP contribution in [0.4, 0.5) is 5.82 Å². The second-order valence-corrected chi connectivity index (χ2v) is 10.3. The number of aromatic nitrogens is 2. The molecule has 2 aromatic heterocycles. The Hall–Kier alpha value is -1.77. The number of hydrogen-bond donors (Lipinski definition) is 0. The molecule has 5 rings (SSSR count). The smallest absolute Gasteiger partial charge is 0.146 e. The summed E-state index contributed by atoms with van der Waals surface area (Å²) < 4.78 is 5.50. The molecule has 6 nitrogen and oxygen atoms in total. The van der Waals surface area contributed by atoms with Crippen LogP contribution in [-0.4, -0.2) is 72.3 Å². The van der Waals surface area contributed by atoms with Gasteiger partial charge in [0.15, 0.2) is 0 Å². The molecule has 0 saturated carbocycles. The van der Waals surface area contributed by atoms with Gasteiger partial charge in [0, 0.05) is 55.7 Å². The third kappa shape index (κ3) is 4.77. The standard InChI is InChI=1S/C24H30ClN5OS/c1-17-18(2)32-24-22(17)23(26-21(27-24)16-29-11-13-31-14-12-29)30-9-7-28(8-10-30)15-19-3-5-20(25)6-4-19/h3-6H,7-16H2,1-2H3. The zero-order valence-electron chi connectivity index (χ0n) is 18.8. The van der Waals surface area contributed by atoms with Crippen molar-refractivity contribution in [3.63, 3.8) is 0 Å². The Labute approximate surface area is 198 Å². The maximum Gasteiger partial charge on any atom is 0.146 e. The molecule has 0 amide bonds. The van der Waals surface area contributed by atoms with E-state index in [9.17, 15) is 0 Å². The number of anilines is 1. The minimum Gasteiger partial charge on any atom is -0.379 e. The summed E-state index contributed by atoms with van der Waals surface area (Å²) in [6.07, 6.45) is 0. The Morgan fingerprint density at radius 1 is 0.906 bits per heavy atom. The van der Waals surface area contributed by atoms with Gasteiger partial charge in [-0.1, -0.05) is 23.7 Å². The quantitative estimate of drug-likeness (QED) is 0.557. The van der Waals surface area contributed by atoms with Crippen LogP contribution < -0.4 is 4.90 Å². The molecule has 4 heterocycles. The fraction of sp³-hybridized carbons (Fsp3) is 0.500. The van der Waals surface area contributed by atoms with E-state index in [1.54, 1.807) is 11.3 Å². The highest BCUT2D eigenvalue weighted by Crippen LogP contribution is 2.35. The van der Waals surface area contributed by atoms with Crippen molar-refractivity contribution in [3.8, 4) is 0 Å². The van der Waals surface area contributed by atoms with E-state index in [0.29, 0.717) is 0 Å². The van der Waals surface area contributed by atoms with Gasteiger partial charge in [-0.25, -0.2) is 9.97 Å². The molecular weight excluding hydrogens is 442 g/mol. The van der Waals surface area contributed by atoms with Gasteiger partial charge >= 0.3 is 0 Å². The first kappa shape index (κ1) is 22.0. The molecule has 8 heteroatoms. The fourth-order valence-corrected chi connectivity index (χ4v) is 5.66. The van der Waals surface area contributed by atoms with Crippen LogP contribution in [0.5, 0.6) is 0 Å². The van der Waals surface area contributed by atoms with Crippen LogP contribution in [-0.2, 0) is 17.8 Å². The second kappa shape index (κ2) is 9.61. The lowest BCUT2D eigenvalue weighted by atomic mass is 10.1. The highest BCUT2D eigenvalue weighted by atomic mass is 35.5. The molecule has 2 saturated heterocycles. The number of aryl methyl sites for hydroxylation is 2. The van der Waals surface area contributed by atoms with E-state index in [4.69, 9.17) is 26.3 Å². The molecule has 0 atom stereocenters. The molecular formula is C24H30ClN5OS. The summed E-state index contributed by atoms with van der Waals surface area (Å²) in [6.45, 7) is 13.6. The van der Waals surface area contributed by atoms with E-state index in [1.807, 2.05) is 12.1 Å². The number of hydrogen-bond acceptors (Lipinski definition) is 7. The van der Waals surface area contributed by atoms with E-state index in [2.05, 4.69) is 40.7 Å². The maximum atomic E-state index is 6.04. The Morgan fingerprint density at radius 2 is 1.59 bits per heavy atom. The number of ether oxygens (including phenoxy) is 1. The summed E-state index contributed by atoms with van der Waals surface area (Å²) in [7, 11) is 0. The zero-order chi connectivity index (χ0) is 22.1. The van der Waals surface area contributed by atoms with Crippen LogP contribution in [0.2, 0.25) is 5.02 Å². The molecule has 2 aliphatic heterocycles. The molecule has 0 radical (unpaired) electrons. The van der Waals surface area contributed by atoms with Gasteiger partial charge in [-0.2, -0.15) is 0 Å². The van der Waals surface area contributed by atoms with Crippen LogP contribution in [0.15, 0.2) is 24.3 Å². The van der Waals surface area contributed by atoms with Crippen LogP contribution in [0.3, 0.4) is 0 Å². The van der Waals surface area contributed by atoms with Gasteiger partial charge in [0.2, 0.25) is 0 Å². The molecule has 3 aromatic rings. The number of fused-ring (bicyclic) bond motifs is 1. The third-order valence-electron chi connectivity index (χ3n) is 6.52. The number of halogens is 1. The van der Waals surface area contributed by atoms with E-state index < -0.39 is 0 Å². The van der Waals surface area contributed by atoms with Crippen molar-refractivity contribution in [2.45, 2.75) is 26.9 Å². The topological polar surface area (TPSA) is 44.7 Å². The Morgan fingerprint density at radius 3 is 2.31 bits per heavy atom. The van der Waals surface area contributed by atoms with Crippen LogP contribution in [0.25, 0.3) is 10.2 Å². The van der Waals surface area contributed by atoms with E-state index >= 15 is 0 Å². The molecule has 2 aliphatic rings. The summed E-state index contributed by atoms with van der Waals surface area (Å²) in [6, 6.07) is 8.20. The Kier molecular flexibility index (Phi) is 6.62. The normalized spacial score (nSPS) is 18.5. The van der Waals surface area contributed by atoms with Crippen molar-refractivity contribution >= 4 is 39.0 Å². The van der Waals surface area contributed by atoms with Gasteiger partial charge in [-0.15, -0.1) is 11.3 Å². The second-order valence-electron chi connectivity index (χ2n) is 8.71. The number of nitrogens with zero attached hydrogens (tertiary/aromatic N) is 5. The van der Waals surface area contributed by atoms with Gasteiger partial charge in [-0.3, -0.25) is 9.80 Å². The van der Waals surface area contributed by atoms with Gasteiger partial charge in [0.05, 0.1) is 25.1 Å². The largest absolute Gasteiger partial charge is 0.379 e. The molecule has 2 fully saturated rings. The Balaban J connectivity index is 1.35. The van der Waals surface area contributed by atoms with E-state index in [0.717, 1.165) is 87.1 Å². The van der Waals surface area contributed by atoms with E-state index in [1.165, 1.54) is 21.4 Å². The predicted molar refractivity (Wildman–Crippen MR) is 132 cm³/mol. The molecule has 0 spiro atoms. The van der Waals surface area contributed by atoms with Gasteiger partial charge in [0.1, 0.15) is 16.5 Å². The maximum absolute atomic E-state index is 6.04. The summed E-state index contributed by atoms with van der Waals surface area (Å²) in [5.74, 6) is 2.05. The average molecular weight is 472 g/mol. The van der Waals surface area contributed by atoms with E-state index in [-0.39, 0.29) is 0 Å².